The van der Waals surface area contributed by atoms with Crippen LogP contribution in [-0.2, 0) is 0 Å². The molecule has 0 unspecified atom stereocenters. The Morgan fingerprint density at radius 2 is 1.67 bits per heavy atom. The first-order chi connectivity index (χ1) is 5.57. The molecule has 0 spiro atoms. The maximum atomic E-state index is 4.42. The van der Waals surface area contributed by atoms with Crippen LogP contribution >= 0.6 is 0 Å². The Hall–Kier alpha value is -0.590. The van der Waals surface area contributed by atoms with Gasteiger partial charge < -0.3 is 0 Å². The molecule has 0 saturated heterocycles. The largest absolute Gasteiger partial charge is 0.290 e. The molecule has 0 aliphatic rings. The van der Waals surface area contributed by atoms with Crippen molar-refractivity contribution in [2.24, 2.45) is 4.99 Å². The molecule has 12 heavy (non-hydrogen) atoms. The maximum Gasteiger partial charge on any atom is 0.0601 e. The second-order valence-corrected chi connectivity index (χ2v) is 3.62. The molecule has 0 fully saturated rings. The highest BCUT2D eigenvalue weighted by molar-refractivity contribution is 5.79. The molecule has 0 aliphatic heterocycles. The Kier molecular flexibility index (Phi) is 5.69. The first kappa shape index (κ1) is 11.4. The first-order valence-corrected chi connectivity index (χ1v) is 4.70. The Morgan fingerprint density at radius 1 is 1.08 bits per heavy atom. The lowest BCUT2D eigenvalue weighted by Gasteiger charge is -2.05. The number of allylic oxidation sites excluding steroid dienone is 1. The minimum atomic E-state index is 0.901. The molecule has 0 aromatic heterocycles. The molecule has 0 amide bonds. The van der Waals surface area contributed by atoms with E-state index in [-0.39, 0.29) is 0 Å². The zero-order valence-corrected chi connectivity index (χ0v) is 9.07. The lowest BCUT2D eigenvalue weighted by Crippen LogP contribution is -1.94. The molecule has 0 atom stereocenters. The third kappa shape index (κ3) is 5.11. The van der Waals surface area contributed by atoms with Crippen molar-refractivity contribution >= 4 is 5.71 Å². The van der Waals surface area contributed by atoms with Crippen LogP contribution in [0, 0.1) is 0 Å². The summed E-state index contributed by atoms with van der Waals surface area (Å²) in [5.74, 6) is 0. The van der Waals surface area contributed by atoms with Crippen molar-refractivity contribution < 1.29 is 0 Å². The smallest absolute Gasteiger partial charge is 0.0601 e. The summed E-state index contributed by atoms with van der Waals surface area (Å²) >= 11 is 0. The average molecular weight is 167 g/mol. The molecule has 0 aromatic carbocycles. The lowest BCUT2D eigenvalue weighted by atomic mass is 10.1. The number of rotatable bonds is 4. The fraction of sp³-hybridized carbons (Fsp3) is 0.727. The van der Waals surface area contributed by atoms with E-state index in [1.165, 1.54) is 29.7 Å². The standard InChI is InChI=1S/C11H21N/c1-6-7-11(9(2)3)8-12-10(4)5/h6-8H2,1-5H3. The molecule has 0 radical (unpaired) electrons. The zero-order chi connectivity index (χ0) is 9.56. The van der Waals surface area contributed by atoms with Crippen molar-refractivity contribution in [2.75, 3.05) is 6.54 Å². The van der Waals surface area contributed by atoms with Crippen LogP contribution in [0.4, 0.5) is 0 Å². The van der Waals surface area contributed by atoms with E-state index >= 15 is 0 Å². The van der Waals surface area contributed by atoms with Crippen LogP contribution in [-0.4, -0.2) is 12.3 Å². The van der Waals surface area contributed by atoms with Gasteiger partial charge in [-0.1, -0.05) is 24.5 Å². The monoisotopic (exact) mass is 167 g/mol. The van der Waals surface area contributed by atoms with E-state index in [0.29, 0.717) is 0 Å². The summed E-state index contributed by atoms with van der Waals surface area (Å²) < 4.78 is 0. The summed E-state index contributed by atoms with van der Waals surface area (Å²) in [5, 5.41) is 0. The van der Waals surface area contributed by atoms with Crippen molar-refractivity contribution in [1.82, 2.24) is 0 Å². The van der Waals surface area contributed by atoms with Gasteiger partial charge in [-0.25, -0.2) is 0 Å². The van der Waals surface area contributed by atoms with Crippen molar-refractivity contribution in [1.29, 1.82) is 0 Å². The van der Waals surface area contributed by atoms with E-state index in [9.17, 15) is 0 Å². The topological polar surface area (TPSA) is 12.4 Å². The Labute approximate surface area is 76.6 Å². The van der Waals surface area contributed by atoms with Gasteiger partial charge in [-0.2, -0.15) is 0 Å². The van der Waals surface area contributed by atoms with Gasteiger partial charge in [0, 0.05) is 5.71 Å². The van der Waals surface area contributed by atoms with Gasteiger partial charge in [0.25, 0.3) is 0 Å². The predicted octanol–water partition coefficient (Wildman–Crippen LogP) is 3.60. The van der Waals surface area contributed by atoms with Crippen LogP contribution in [0.5, 0.6) is 0 Å². The average Bonchev–Trinajstić information content (AvgIpc) is 1.96. The zero-order valence-electron chi connectivity index (χ0n) is 9.07. The third-order valence-electron chi connectivity index (χ3n) is 1.85. The highest BCUT2D eigenvalue weighted by Crippen LogP contribution is 2.10. The second kappa shape index (κ2) is 5.99. The second-order valence-electron chi connectivity index (χ2n) is 3.62. The number of aliphatic imine (C=N–C) groups is 1. The normalized spacial score (nSPS) is 9.42. The van der Waals surface area contributed by atoms with Crippen molar-refractivity contribution in [2.45, 2.75) is 47.5 Å². The van der Waals surface area contributed by atoms with Crippen LogP contribution in [0.2, 0.25) is 0 Å². The number of hydrogen-bond acceptors (Lipinski definition) is 1. The molecule has 0 aliphatic carbocycles. The summed E-state index contributed by atoms with van der Waals surface area (Å²) in [6.07, 6.45) is 2.41. The summed E-state index contributed by atoms with van der Waals surface area (Å²) in [7, 11) is 0. The van der Waals surface area contributed by atoms with Crippen molar-refractivity contribution in [3.63, 3.8) is 0 Å². The van der Waals surface area contributed by atoms with E-state index in [1.54, 1.807) is 0 Å². The molecule has 0 heterocycles. The van der Waals surface area contributed by atoms with Gasteiger partial charge in [-0.05, 0) is 34.1 Å². The van der Waals surface area contributed by atoms with E-state index < -0.39 is 0 Å². The van der Waals surface area contributed by atoms with E-state index in [4.69, 9.17) is 0 Å². The summed E-state index contributed by atoms with van der Waals surface area (Å²) in [4.78, 5) is 4.42. The Balaban J connectivity index is 4.17. The van der Waals surface area contributed by atoms with Gasteiger partial charge in [-0.3, -0.25) is 4.99 Å². The van der Waals surface area contributed by atoms with Crippen molar-refractivity contribution in [3.8, 4) is 0 Å². The molecule has 0 aromatic rings. The van der Waals surface area contributed by atoms with Gasteiger partial charge in [0.2, 0.25) is 0 Å². The maximum absolute atomic E-state index is 4.42. The molecule has 0 bridgehead atoms. The minimum absolute atomic E-state index is 0.901. The molecule has 1 heteroatoms. The molecule has 0 saturated carbocycles. The van der Waals surface area contributed by atoms with E-state index in [2.05, 4.69) is 39.6 Å². The summed E-state index contributed by atoms with van der Waals surface area (Å²) in [6, 6.07) is 0. The Morgan fingerprint density at radius 3 is 2.00 bits per heavy atom. The summed E-state index contributed by atoms with van der Waals surface area (Å²) in [5.41, 5.74) is 4.10. The van der Waals surface area contributed by atoms with Crippen LogP contribution in [0.15, 0.2) is 16.1 Å². The van der Waals surface area contributed by atoms with Crippen LogP contribution in [0.3, 0.4) is 0 Å². The fourth-order valence-corrected chi connectivity index (χ4v) is 1.04. The van der Waals surface area contributed by atoms with Gasteiger partial charge in [0.15, 0.2) is 0 Å². The van der Waals surface area contributed by atoms with Gasteiger partial charge >= 0.3 is 0 Å². The van der Waals surface area contributed by atoms with Gasteiger partial charge in [-0.15, -0.1) is 0 Å². The molecule has 70 valence electrons. The highest BCUT2D eigenvalue weighted by Gasteiger charge is 1.96. The SMILES string of the molecule is CCCC(CN=C(C)C)=C(C)C. The summed E-state index contributed by atoms with van der Waals surface area (Å²) in [6.45, 7) is 11.6. The van der Waals surface area contributed by atoms with Crippen LogP contribution in [0.1, 0.15) is 47.5 Å². The van der Waals surface area contributed by atoms with Crippen molar-refractivity contribution in [3.05, 3.63) is 11.1 Å². The lowest BCUT2D eigenvalue weighted by molar-refractivity contribution is 0.858. The molecule has 0 N–H and O–H groups in total. The molecule has 0 rings (SSSR count). The number of nitrogens with zero attached hydrogens (tertiary/aromatic N) is 1. The fourth-order valence-electron chi connectivity index (χ4n) is 1.04. The van der Waals surface area contributed by atoms with Gasteiger partial charge in [0.05, 0.1) is 6.54 Å². The van der Waals surface area contributed by atoms with Crippen LogP contribution in [0.25, 0.3) is 0 Å². The first-order valence-electron chi connectivity index (χ1n) is 4.70. The molecular weight excluding hydrogens is 146 g/mol. The third-order valence-corrected chi connectivity index (χ3v) is 1.85. The van der Waals surface area contributed by atoms with E-state index in [1.807, 2.05) is 0 Å². The number of hydrogen-bond donors (Lipinski definition) is 0. The molecule has 1 nitrogen and oxygen atoms in total. The van der Waals surface area contributed by atoms with Crippen LogP contribution < -0.4 is 0 Å². The minimum Gasteiger partial charge on any atom is -0.290 e. The molecular formula is C11H21N. The Bertz CT molecular complexity index is 179. The highest BCUT2D eigenvalue weighted by atomic mass is 14.7. The van der Waals surface area contributed by atoms with E-state index in [0.717, 1.165) is 6.54 Å². The van der Waals surface area contributed by atoms with Gasteiger partial charge in [0.1, 0.15) is 0 Å². The predicted molar refractivity (Wildman–Crippen MR) is 56.9 cm³/mol. The quantitative estimate of drug-likeness (QED) is 0.448.